The lowest BCUT2D eigenvalue weighted by molar-refractivity contribution is -0.155. The van der Waals surface area contributed by atoms with Crippen molar-refractivity contribution in [3.8, 4) is 11.8 Å². The lowest BCUT2D eigenvalue weighted by atomic mass is 10.1. The summed E-state index contributed by atoms with van der Waals surface area (Å²) in [5.74, 6) is 4.64. The second kappa shape index (κ2) is 6.16. The minimum absolute atomic E-state index is 0.298. The molecule has 1 saturated heterocycles. The van der Waals surface area contributed by atoms with E-state index in [0.29, 0.717) is 29.1 Å². The largest absolute Gasteiger partial charge is 0.479 e. The van der Waals surface area contributed by atoms with E-state index in [-0.39, 0.29) is 0 Å². The molecule has 1 aliphatic rings. The normalized spacial score (nSPS) is 26.3. The van der Waals surface area contributed by atoms with Crippen molar-refractivity contribution >= 4 is 17.1 Å². The summed E-state index contributed by atoms with van der Waals surface area (Å²) in [6.45, 7) is 3.65. The molecule has 3 N–H and O–H groups in total. The molecule has 0 aromatic carbocycles. The molecule has 1 aliphatic heterocycles. The van der Waals surface area contributed by atoms with Gasteiger partial charge < -0.3 is 20.1 Å². The molecule has 126 valence electrons. The van der Waals surface area contributed by atoms with Crippen LogP contribution in [0.5, 0.6) is 0 Å². The number of fused-ring (bicyclic) bond motifs is 1. The third-order valence-electron chi connectivity index (χ3n) is 3.73. The van der Waals surface area contributed by atoms with Crippen molar-refractivity contribution in [3.63, 3.8) is 0 Å². The Hall–Kier alpha value is -2.54. The van der Waals surface area contributed by atoms with Crippen LogP contribution in [0.25, 0.3) is 11.2 Å². The highest BCUT2D eigenvalue weighted by Gasteiger charge is 2.47. The van der Waals surface area contributed by atoms with E-state index < -0.39 is 30.5 Å². The smallest absolute Gasteiger partial charge is 0.335 e. The van der Waals surface area contributed by atoms with Gasteiger partial charge in [0, 0.05) is 6.42 Å². The van der Waals surface area contributed by atoms with Gasteiger partial charge in [-0.1, -0.05) is 12.8 Å². The molecule has 9 heteroatoms. The van der Waals surface area contributed by atoms with Crippen LogP contribution < -0.4 is 0 Å². The molecule has 0 saturated carbocycles. The first-order valence-corrected chi connectivity index (χ1v) is 7.38. The van der Waals surface area contributed by atoms with Gasteiger partial charge in [0.05, 0.1) is 12.0 Å². The Morgan fingerprint density at radius 2 is 2.12 bits per heavy atom. The van der Waals surface area contributed by atoms with Crippen molar-refractivity contribution in [2.24, 2.45) is 0 Å². The summed E-state index contributed by atoms with van der Waals surface area (Å²) in [4.78, 5) is 23.8. The highest BCUT2D eigenvalue weighted by Crippen LogP contribution is 2.31. The van der Waals surface area contributed by atoms with Gasteiger partial charge in [0.15, 0.2) is 18.0 Å². The fourth-order valence-electron chi connectivity index (χ4n) is 2.56. The van der Waals surface area contributed by atoms with Crippen molar-refractivity contribution in [1.29, 1.82) is 0 Å². The first-order valence-electron chi connectivity index (χ1n) is 7.38. The Morgan fingerprint density at radius 3 is 2.75 bits per heavy atom. The van der Waals surface area contributed by atoms with Crippen molar-refractivity contribution in [2.75, 3.05) is 0 Å². The van der Waals surface area contributed by atoms with E-state index in [4.69, 9.17) is 9.84 Å². The summed E-state index contributed by atoms with van der Waals surface area (Å²) in [6.07, 6.45) is -3.60. The molecular formula is C15H16N4O5. The zero-order valence-corrected chi connectivity index (χ0v) is 13.0. The van der Waals surface area contributed by atoms with Crippen LogP contribution in [0, 0.1) is 18.8 Å². The number of aliphatic hydroxyl groups excluding tert-OH is 2. The third kappa shape index (κ3) is 2.60. The Labute approximate surface area is 136 Å². The van der Waals surface area contributed by atoms with Crippen LogP contribution in [-0.4, -0.2) is 59.1 Å². The van der Waals surface area contributed by atoms with Crippen LogP contribution in [0.2, 0.25) is 0 Å². The number of carbonyl (C=O) groups is 1. The van der Waals surface area contributed by atoms with E-state index in [0.717, 1.165) is 0 Å². The van der Waals surface area contributed by atoms with E-state index in [1.165, 1.54) is 10.9 Å². The van der Waals surface area contributed by atoms with Gasteiger partial charge in [-0.05, 0) is 12.8 Å². The molecule has 2 aromatic heterocycles. The molecule has 2 aromatic rings. The number of carboxylic acid groups (broad SMARTS) is 1. The monoisotopic (exact) mass is 332 g/mol. The molecule has 0 aliphatic carbocycles. The SMILES string of the molecule is CCC#Cc1nc(C)c2ncn([C@@H]3O[C@H](C(=O)O)[C@H](O)C3O)c2n1. The molecule has 0 radical (unpaired) electrons. The van der Waals surface area contributed by atoms with Crippen molar-refractivity contribution in [2.45, 2.75) is 44.8 Å². The van der Waals surface area contributed by atoms with Crippen molar-refractivity contribution < 1.29 is 24.9 Å². The number of hydrogen-bond acceptors (Lipinski definition) is 7. The minimum Gasteiger partial charge on any atom is -0.479 e. The van der Waals surface area contributed by atoms with Gasteiger partial charge in [-0.3, -0.25) is 4.57 Å². The average molecular weight is 332 g/mol. The highest BCUT2D eigenvalue weighted by atomic mass is 16.6. The summed E-state index contributed by atoms with van der Waals surface area (Å²) < 4.78 is 6.67. The van der Waals surface area contributed by atoms with E-state index in [1.807, 2.05) is 6.92 Å². The number of carboxylic acids is 1. The minimum atomic E-state index is -1.55. The van der Waals surface area contributed by atoms with Gasteiger partial charge in [-0.2, -0.15) is 0 Å². The molecule has 9 nitrogen and oxygen atoms in total. The van der Waals surface area contributed by atoms with Gasteiger partial charge in [0.1, 0.15) is 17.7 Å². The van der Waals surface area contributed by atoms with E-state index in [2.05, 4.69) is 26.8 Å². The first kappa shape index (κ1) is 16.3. The summed E-state index contributed by atoms with van der Waals surface area (Å²) in [7, 11) is 0. The van der Waals surface area contributed by atoms with Crippen LogP contribution in [-0.2, 0) is 9.53 Å². The van der Waals surface area contributed by atoms with Crippen LogP contribution in [0.15, 0.2) is 6.33 Å². The van der Waals surface area contributed by atoms with Crippen LogP contribution in [0.1, 0.15) is 31.1 Å². The second-order valence-electron chi connectivity index (χ2n) is 5.38. The number of nitrogens with zero attached hydrogens (tertiary/aromatic N) is 4. The number of ether oxygens (including phenoxy) is 1. The number of aliphatic hydroxyl groups is 2. The predicted octanol–water partition coefficient (Wildman–Crippen LogP) is -0.400. The summed E-state index contributed by atoms with van der Waals surface area (Å²) in [5, 5.41) is 29.0. The zero-order valence-electron chi connectivity index (χ0n) is 13.0. The number of aryl methyl sites for hydroxylation is 1. The van der Waals surface area contributed by atoms with Gasteiger partial charge in [-0.25, -0.2) is 19.7 Å². The van der Waals surface area contributed by atoms with E-state index in [9.17, 15) is 15.0 Å². The van der Waals surface area contributed by atoms with Crippen LogP contribution >= 0.6 is 0 Å². The third-order valence-corrected chi connectivity index (χ3v) is 3.73. The summed E-state index contributed by atoms with van der Waals surface area (Å²) >= 11 is 0. The van der Waals surface area contributed by atoms with Gasteiger partial charge in [0.2, 0.25) is 5.82 Å². The van der Waals surface area contributed by atoms with Crippen LogP contribution in [0.3, 0.4) is 0 Å². The van der Waals surface area contributed by atoms with Crippen LogP contribution in [0.4, 0.5) is 0 Å². The molecule has 1 unspecified atom stereocenters. The predicted molar refractivity (Wildman–Crippen MR) is 80.8 cm³/mol. The van der Waals surface area contributed by atoms with Gasteiger partial charge >= 0.3 is 5.97 Å². The Kier molecular flexibility index (Phi) is 4.19. The Bertz CT molecular complexity index is 853. The van der Waals surface area contributed by atoms with Crippen molar-refractivity contribution in [3.05, 3.63) is 17.8 Å². The van der Waals surface area contributed by atoms with Crippen molar-refractivity contribution in [1.82, 2.24) is 19.5 Å². The number of hydrogen-bond donors (Lipinski definition) is 3. The molecule has 3 heterocycles. The lowest BCUT2D eigenvalue weighted by Gasteiger charge is -2.16. The quantitative estimate of drug-likeness (QED) is 0.633. The molecule has 0 spiro atoms. The fourth-order valence-corrected chi connectivity index (χ4v) is 2.56. The zero-order chi connectivity index (χ0) is 17.4. The average Bonchev–Trinajstić information content (AvgIpc) is 3.08. The second-order valence-corrected chi connectivity index (χ2v) is 5.38. The maximum absolute atomic E-state index is 11.1. The maximum Gasteiger partial charge on any atom is 0.335 e. The molecule has 0 bridgehead atoms. The Morgan fingerprint density at radius 1 is 1.38 bits per heavy atom. The molecule has 0 amide bonds. The number of rotatable bonds is 2. The van der Waals surface area contributed by atoms with Gasteiger partial charge in [-0.15, -0.1) is 0 Å². The fraction of sp³-hybridized carbons (Fsp3) is 0.467. The molecule has 24 heavy (non-hydrogen) atoms. The topological polar surface area (TPSA) is 131 Å². The molecule has 3 rings (SSSR count). The standard InChI is InChI=1S/C15H16N4O5/c1-3-4-5-8-17-7(2)9-13(18-8)19(6-16-9)14-11(21)10(20)12(24-14)15(22)23/h6,10-12,14,20-21H,3H2,1-2H3,(H,22,23)/t10-,11?,12+,14-/m1/s1. The van der Waals surface area contributed by atoms with E-state index >= 15 is 0 Å². The lowest BCUT2D eigenvalue weighted by Crippen LogP contribution is -2.35. The summed E-state index contributed by atoms with van der Waals surface area (Å²) in [5.41, 5.74) is 1.44. The maximum atomic E-state index is 11.1. The Balaban J connectivity index is 2.07. The molecular weight excluding hydrogens is 316 g/mol. The molecule has 4 atom stereocenters. The first-order chi connectivity index (χ1) is 11.4. The number of aromatic nitrogens is 4. The summed E-state index contributed by atoms with van der Waals surface area (Å²) in [6, 6.07) is 0. The number of aliphatic carboxylic acids is 1. The van der Waals surface area contributed by atoms with E-state index in [1.54, 1.807) is 6.92 Å². The number of imidazole rings is 1. The highest BCUT2D eigenvalue weighted by molar-refractivity contribution is 5.75. The van der Waals surface area contributed by atoms with Gasteiger partial charge in [0.25, 0.3) is 0 Å². The molecule has 1 fully saturated rings.